The zero-order valence-electron chi connectivity index (χ0n) is 9.96. The SMILES string of the molecule is CC(C)(Nc1cc(Cl)ccc1C(=O)O)C1CC1. The van der Waals surface area contributed by atoms with Gasteiger partial charge in [-0.05, 0) is 50.8 Å². The highest BCUT2D eigenvalue weighted by molar-refractivity contribution is 6.31. The molecule has 0 aromatic heterocycles. The van der Waals surface area contributed by atoms with E-state index < -0.39 is 5.97 Å². The third kappa shape index (κ3) is 2.72. The third-order valence-electron chi connectivity index (χ3n) is 3.27. The molecule has 0 aliphatic heterocycles. The van der Waals surface area contributed by atoms with Crippen LogP contribution in [-0.2, 0) is 0 Å². The Morgan fingerprint density at radius 1 is 1.47 bits per heavy atom. The second kappa shape index (κ2) is 4.22. The summed E-state index contributed by atoms with van der Waals surface area (Å²) in [6.07, 6.45) is 2.39. The average molecular weight is 254 g/mol. The van der Waals surface area contributed by atoms with E-state index in [1.54, 1.807) is 12.1 Å². The van der Waals surface area contributed by atoms with Crippen LogP contribution in [0.4, 0.5) is 5.69 Å². The Bertz CT molecular complexity index is 453. The molecule has 4 heteroatoms. The fourth-order valence-electron chi connectivity index (χ4n) is 2.06. The smallest absolute Gasteiger partial charge is 0.337 e. The van der Waals surface area contributed by atoms with E-state index >= 15 is 0 Å². The number of aromatic carboxylic acids is 1. The maximum atomic E-state index is 11.1. The molecule has 1 saturated carbocycles. The van der Waals surface area contributed by atoms with Gasteiger partial charge in [0.1, 0.15) is 0 Å². The molecular formula is C13H16ClNO2. The molecule has 1 aliphatic rings. The van der Waals surface area contributed by atoms with Crippen LogP contribution in [0.2, 0.25) is 5.02 Å². The number of hydrogen-bond donors (Lipinski definition) is 2. The fourth-order valence-corrected chi connectivity index (χ4v) is 2.23. The highest BCUT2D eigenvalue weighted by Crippen LogP contribution is 2.41. The van der Waals surface area contributed by atoms with Crippen molar-refractivity contribution in [3.8, 4) is 0 Å². The monoisotopic (exact) mass is 253 g/mol. The maximum Gasteiger partial charge on any atom is 0.337 e. The summed E-state index contributed by atoms with van der Waals surface area (Å²) in [5.74, 6) is -0.320. The molecule has 1 aliphatic carbocycles. The lowest BCUT2D eigenvalue weighted by atomic mass is 9.97. The van der Waals surface area contributed by atoms with Gasteiger partial charge >= 0.3 is 5.97 Å². The summed E-state index contributed by atoms with van der Waals surface area (Å²) in [5.41, 5.74) is 0.777. The Labute approximate surface area is 106 Å². The van der Waals surface area contributed by atoms with Crippen LogP contribution in [0.15, 0.2) is 18.2 Å². The van der Waals surface area contributed by atoms with Gasteiger partial charge in [0.15, 0.2) is 0 Å². The van der Waals surface area contributed by atoms with Crippen LogP contribution in [0.1, 0.15) is 37.0 Å². The lowest BCUT2D eigenvalue weighted by Crippen LogP contribution is -2.34. The van der Waals surface area contributed by atoms with E-state index in [0.717, 1.165) is 0 Å². The highest BCUT2D eigenvalue weighted by atomic mass is 35.5. The molecular weight excluding hydrogens is 238 g/mol. The van der Waals surface area contributed by atoms with Gasteiger partial charge in [0.25, 0.3) is 0 Å². The number of carbonyl (C=O) groups is 1. The largest absolute Gasteiger partial charge is 0.478 e. The molecule has 1 aromatic carbocycles. The first kappa shape index (κ1) is 12.2. The Balaban J connectivity index is 2.30. The van der Waals surface area contributed by atoms with E-state index in [2.05, 4.69) is 19.2 Å². The molecule has 1 aromatic rings. The van der Waals surface area contributed by atoms with Gasteiger partial charge in [-0.3, -0.25) is 0 Å². The summed E-state index contributed by atoms with van der Waals surface area (Å²) >= 11 is 5.91. The first-order valence-electron chi connectivity index (χ1n) is 5.71. The molecule has 17 heavy (non-hydrogen) atoms. The van der Waals surface area contributed by atoms with Crippen molar-refractivity contribution in [3.05, 3.63) is 28.8 Å². The standard InChI is InChI=1S/C13H16ClNO2/c1-13(2,8-3-4-8)15-11-7-9(14)5-6-10(11)12(16)17/h5-8,15H,3-4H2,1-2H3,(H,16,17). The molecule has 0 spiro atoms. The van der Waals surface area contributed by atoms with Crippen molar-refractivity contribution in [2.75, 3.05) is 5.32 Å². The minimum Gasteiger partial charge on any atom is -0.478 e. The summed E-state index contributed by atoms with van der Waals surface area (Å²) in [6, 6.07) is 4.81. The van der Waals surface area contributed by atoms with Crippen molar-refractivity contribution in [2.24, 2.45) is 5.92 Å². The topological polar surface area (TPSA) is 49.3 Å². The van der Waals surface area contributed by atoms with Crippen LogP contribution in [-0.4, -0.2) is 16.6 Å². The number of anilines is 1. The lowest BCUT2D eigenvalue weighted by molar-refractivity contribution is 0.0698. The highest BCUT2D eigenvalue weighted by Gasteiger charge is 2.38. The zero-order chi connectivity index (χ0) is 12.6. The summed E-state index contributed by atoms with van der Waals surface area (Å²) in [5, 5.41) is 13.0. The molecule has 1 fully saturated rings. The van der Waals surface area contributed by atoms with Gasteiger partial charge < -0.3 is 10.4 Å². The van der Waals surface area contributed by atoms with Crippen molar-refractivity contribution in [1.29, 1.82) is 0 Å². The summed E-state index contributed by atoms with van der Waals surface area (Å²) in [6.45, 7) is 4.19. The summed E-state index contributed by atoms with van der Waals surface area (Å²) in [4.78, 5) is 11.1. The van der Waals surface area contributed by atoms with Gasteiger partial charge in [-0.15, -0.1) is 0 Å². The second-order valence-electron chi connectivity index (χ2n) is 5.12. The van der Waals surface area contributed by atoms with Gasteiger partial charge in [0.2, 0.25) is 0 Å². The molecule has 2 N–H and O–H groups in total. The molecule has 0 radical (unpaired) electrons. The predicted octanol–water partition coefficient (Wildman–Crippen LogP) is 3.64. The molecule has 0 atom stereocenters. The first-order valence-corrected chi connectivity index (χ1v) is 6.09. The number of hydrogen-bond acceptors (Lipinski definition) is 2. The number of halogens is 1. The Kier molecular flexibility index (Phi) is 3.04. The van der Waals surface area contributed by atoms with Gasteiger partial charge in [-0.25, -0.2) is 4.79 Å². The molecule has 0 unspecified atom stereocenters. The average Bonchev–Trinajstić information content (AvgIpc) is 2.99. The first-order chi connectivity index (χ1) is 7.90. The van der Waals surface area contributed by atoms with Crippen molar-refractivity contribution >= 4 is 23.3 Å². The number of nitrogens with one attached hydrogen (secondary N) is 1. The van der Waals surface area contributed by atoms with Gasteiger partial charge in [0.05, 0.1) is 11.3 Å². The predicted molar refractivity (Wildman–Crippen MR) is 68.8 cm³/mol. The van der Waals surface area contributed by atoms with E-state index in [-0.39, 0.29) is 11.1 Å². The van der Waals surface area contributed by atoms with E-state index in [1.165, 1.54) is 18.9 Å². The zero-order valence-corrected chi connectivity index (χ0v) is 10.7. The van der Waals surface area contributed by atoms with Gasteiger partial charge in [-0.1, -0.05) is 11.6 Å². The molecule has 2 rings (SSSR count). The van der Waals surface area contributed by atoms with Crippen LogP contribution in [0.3, 0.4) is 0 Å². The normalized spacial score (nSPS) is 15.7. The van der Waals surface area contributed by atoms with Crippen molar-refractivity contribution in [3.63, 3.8) is 0 Å². The second-order valence-corrected chi connectivity index (χ2v) is 5.55. The Morgan fingerprint density at radius 2 is 2.12 bits per heavy atom. The van der Waals surface area contributed by atoms with E-state index in [0.29, 0.717) is 16.6 Å². The summed E-state index contributed by atoms with van der Waals surface area (Å²) in [7, 11) is 0. The molecule has 0 bridgehead atoms. The van der Waals surface area contributed by atoms with Crippen LogP contribution in [0, 0.1) is 5.92 Å². The third-order valence-corrected chi connectivity index (χ3v) is 3.50. The number of carboxylic acid groups (broad SMARTS) is 1. The quantitative estimate of drug-likeness (QED) is 0.861. The van der Waals surface area contributed by atoms with E-state index in [1.807, 2.05) is 0 Å². The molecule has 0 heterocycles. The number of carboxylic acids is 1. The molecule has 92 valence electrons. The number of benzene rings is 1. The van der Waals surface area contributed by atoms with Gasteiger partial charge in [0, 0.05) is 10.6 Å². The Morgan fingerprint density at radius 3 is 2.65 bits per heavy atom. The Hall–Kier alpha value is -1.22. The number of rotatable bonds is 4. The van der Waals surface area contributed by atoms with E-state index in [4.69, 9.17) is 16.7 Å². The molecule has 0 saturated heterocycles. The van der Waals surface area contributed by atoms with Gasteiger partial charge in [-0.2, -0.15) is 0 Å². The van der Waals surface area contributed by atoms with Crippen LogP contribution in [0.5, 0.6) is 0 Å². The maximum absolute atomic E-state index is 11.1. The molecule has 0 amide bonds. The van der Waals surface area contributed by atoms with E-state index in [9.17, 15) is 4.79 Å². The fraction of sp³-hybridized carbons (Fsp3) is 0.462. The summed E-state index contributed by atoms with van der Waals surface area (Å²) < 4.78 is 0. The van der Waals surface area contributed by atoms with Crippen molar-refractivity contribution in [2.45, 2.75) is 32.2 Å². The minimum atomic E-state index is -0.934. The van der Waals surface area contributed by atoms with Crippen LogP contribution in [0.25, 0.3) is 0 Å². The molecule has 3 nitrogen and oxygen atoms in total. The lowest BCUT2D eigenvalue weighted by Gasteiger charge is -2.28. The van der Waals surface area contributed by atoms with Crippen molar-refractivity contribution in [1.82, 2.24) is 0 Å². The van der Waals surface area contributed by atoms with Crippen LogP contribution < -0.4 is 5.32 Å². The van der Waals surface area contributed by atoms with Crippen molar-refractivity contribution < 1.29 is 9.90 Å². The minimum absolute atomic E-state index is 0.0884. The van der Waals surface area contributed by atoms with Crippen LogP contribution >= 0.6 is 11.6 Å².